The van der Waals surface area contributed by atoms with Crippen LogP contribution in [-0.2, 0) is 9.84 Å². The van der Waals surface area contributed by atoms with Gasteiger partial charge in [-0.3, -0.25) is 4.99 Å². The van der Waals surface area contributed by atoms with Gasteiger partial charge in [0.15, 0.2) is 15.8 Å². The first-order valence-electron chi connectivity index (χ1n) is 6.89. The fraction of sp³-hybridized carbons (Fsp3) is 0.188. The van der Waals surface area contributed by atoms with Crippen molar-refractivity contribution in [3.63, 3.8) is 0 Å². The Kier molecular flexibility index (Phi) is 7.50. The molecule has 0 saturated heterocycles. The first-order chi connectivity index (χ1) is 10.5. The number of aliphatic imine (C=N–C) groups is 1. The SMILES string of the molecule is Cc1ccc(NC(N)=NCCS(=O)(=O)c2ccccc2)cc1.I. The summed E-state index contributed by atoms with van der Waals surface area (Å²) in [5.74, 6) is 0.125. The van der Waals surface area contributed by atoms with E-state index in [-0.39, 0.29) is 42.2 Å². The van der Waals surface area contributed by atoms with Gasteiger partial charge in [-0.1, -0.05) is 35.9 Å². The average molecular weight is 445 g/mol. The van der Waals surface area contributed by atoms with E-state index in [0.29, 0.717) is 4.90 Å². The van der Waals surface area contributed by atoms with Gasteiger partial charge in [0.05, 0.1) is 17.2 Å². The highest BCUT2D eigenvalue weighted by Gasteiger charge is 2.12. The maximum atomic E-state index is 12.1. The van der Waals surface area contributed by atoms with Gasteiger partial charge in [-0.05, 0) is 31.2 Å². The zero-order valence-electron chi connectivity index (χ0n) is 12.8. The lowest BCUT2D eigenvalue weighted by Gasteiger charge is -2.06. The van der Waals surface area contributed by atoms with Gasteiger partial charge in [0.2, 0.25) is 0 Å². The molecule has 0 saturated carbocycles. The van der Waals surface area contributed by atoms with E-state index in [2.05, 4.69) is 10.3 Å². The number of benzene rings is 2. The summed E-state index contributed by atoms with van der Waals surface area (Å²) >= 11 is 0. The average Bonchev–Trinajstić information content (AvgIpc) is 2.50. The Balaban J connectivity index is 0.00000264. The lowest BCUT2D eigenvalue weighted by atomic mass is 10.2. The van der Waals surface area contributed by atoms with E-state index in [9.17, 15) is 8.42 Å². The summed E-state index contributed by atoms with van der Waals surface area (Å²) in [6.07, 6.45) is 0. The second kappa shape index (κ2) is 8.88. The maximum Gasteiger partial charge on any atom is 0.193 e. The first-order valence-corrected chi connectivity index (χ1v) is 8.54. The van der Waals surface area contributed by atoms with Gasteiger partial charge in [-0.25, -0.2) is 8.42 Å². The molecule has 0 radical (unpaired) electrons. The molecular weight excluding hydrogens is 425 g/mol. The number of aryl methyl sites for hydroxylation is 1. The Morgan fingerprint density at radius 3 is 2.30 bits per heavy atom. The fourth-order valence-corrected chi connectivity index (χ4v) is 3.00. The van der Waals surface area contributed by atoms with E-state index >= 15 is 0 Å². The van der Waals surface area contributed by atoms with Crippen molar-refractivity contribution in [2.24, 2.45) is 10.7 Å². The number of sulfone groups is 1. The molecule has 0 atom stereocenters. The van der Waals surface area contributed by atoms with Crippen molar-refractivity contribution < 1.29 is 8.42 Å². The van der Waals surface area contributed by atoms with Crippen LogP contribution in [0.1, 0.15) is 5.56 Å². The van der Waals surface area contributed by atoms with Crippen LogP contribution in [-0.4, -0.2) is 26.7 Å². The maximum absolute atomic E-state index is 12.1. The number of halogens is 1. The van der Waals surface area contributed by atoms with E-state index in [4.69, 9.17) is 5.73 Å². The van der Waals surface area contributed by atoms with Crippen LogP contribution in [0.5, 0.6) is 0 Å². The molecule has 2 aromatic carbocycles. The molecule has 0 heterocycles. The molecule has 0 aromatic heterocycles. The highest BCUT2D eigenvalue weighted by atomic mass is 127. The molecule has 0 aliphatic heterocycles. The van der Waals surface area contributed by atoms with Crippen molar-refractivity contribution in [1.29, 1.82) is 0 Å². The topological polar surface area (TPSA) is 84.5 Å². The lowest BCUT2D eigenvalue weighted by Crippen LogP contribution is -2.23. The first kappa shape index (κ1) is 19.4. The number of nitrogens with two attached hydrogens (primary N) is 1. The Morgan fingerprint density at radius 1 is 1.09 bits per heavy atom. The number of hydrogen-bond donors (Lipinski definition) is 2. The van der Waals surface area contributed by atoms with Crippen molar-refractivity contribution in [1.82, 2.24) is 0 Å². The predicted molar refractivity (Wildman–Crippen MR) is 105 cm³/mol. The highest BCUT2D eigenvalue weighted by molar-refractivity contribution is 14.0. The van der Waals surface area contributed by atoms with Crippen LogP contribution >= 0.6 is 24.0 Å². The number of nitrogens with zero attached hydrogens (tertiary/aromatic N) is 1. The molecule has 7 heteroatoms. The third-order valence-corrected chi connectivity index (χ3v) is 4.78. The summed E-state index contributed by atoms with van der Waals surface area (Å²) in [6, 6.07) is 16.0. The second-order valence-electron chi connectivity index (χ2n) is 4.89. The zero-order chi connectivity index (χ0) is 16.0. The van der Waals surface area contributed by atoms with E-state index in [1.54, 1.807) is 30.3 Å². The van der Waals surface area contributed by atoms with E-state index in [1.807, 2.05) is 31.2 Å². The van der Waals surface area contributed by atoms with Crippen molar-refractivity contribution in [2.75, 3.05) is 17.6 Å². The fourth-order valence-electron chi connectivity index (χ4n) is 1.86. The molecular formula is C16H20IN3O2S. The van der Waals surface area contributed by atoms with E-state index in [1.165, 1.54) is 0 Å². The largest absolute Gasteiger partial charge is 0.370 e. The Hall–Kier alpha value is -1.61. The molecule has 23 heavy (non-hydrogen) atoms. The quantitative estimate of drug-likeness (QED) is 0.421. The molecule has 0 fully saturated rings. The minimum absolute atomic E-state index is 0. The van der Waals surface area contributed by atoms with Crippen molar-refractivity contribution >= 4 is 45.5 Å². The smallest absolute Gasteiger partial charge is 0.193 e. The van der Waals surface area contributed by atoms with Crippen molar-refractivity contribution in [3.8, 4) is 0 Å². The zero-order valence-corrected chi connectivity index (χ0v) is 15.9. The lowest BCUT2D eigenvalue weighted by molar-refractivity contribution is 0.596. The molecule has 0 amide bonds. The molecule has 5 nitrogen and oxygen atoms in total. The Labute approximate surface area is 154 Å². The molecule has 0 unspecified atom stereocenters. The van der Waals surface area contributed by atoms with Crippen LogP contribution in [0.25, 0.3) is 0 Å². The Bertz CT molecular complexity index is 745. The van der Waals surface area contributed by atoms with E-state index in [0.717, 1.165) is 11.3 Å². The number of rotatable bonds is 5. The van der Waals surface area contributed by atoms with Gasteiger partial charge >= 0.3 is 0 Å². The van der Waals surface area contributed by atoms with E-state index < -0.39 is 9.84 Å². The van der Waals surface area contributed by atoms with Gasteiger partial charge in [0, 0.05) is 5.69 Å². The molecule has 0 aliphatic rings. The summed E-state index contributed by atoms with van der Waals surface area (Å²) in [5.41, 5.74) is 7.72. The summed E-state index contributed by atoms with van der Waals surface area (Å²) in [7, 11) is -3.32. The van der Waals surface area contributed by atoms with Gasteiger partial charge < -0.3 is 11.1 Å². The minimum atomic E-state index is -3.32. The standard InChI is InChI=1S/C16H19N3O2S.HI/c1-13-7-9-14(10-8-13)19-16(17)18-11-12-22(20,21)15-5-3-2-4-6-15;/h2-10H,11-12H2,1H3,(H3,17,18,19);1H. The predicted octanol–water partition coefficient (Wildman–Crippen LogP) is 2.81. The van der Waals surface area contributed by atoms with Crippen molar-refractivity contribution in [2.45, 2.75) is 11.8 Å². The second-order valence-corrected chi connectivity index (χ2v) is 7.00. The highest BCUT2D eigenvalue weighted by Crippen LogP contribution is 2.10. The third-order valence-electron chi connectivity index (χ3n) is 3.07. The van der Waals surface area contributed by atoms with Gasteiger partial charge in [-0.15, -0.1) is 24.0 Å². The number of nitrogens with one attached hydrogen (secondary N) is 1. The number of guanidine groups is 1. The van der Waals surface area contributed by atoms with Crippen LogP contribution in [0.15, 0.2) is 64.5 Å². The van der Waals surface area contributed by atoms with Crippen LogP contribution in [0.4, 0.5) is 5.69 Å². The third kappa shape index (κ3) is 6.19. The molecule has 0 bridgehead atoms. The molecule has 3 N–H and O–H groups in total. The van der Waals surface area contributed by atoms with Crippen LogP contribution in [0.3, 0.4) is 0 Å². The minimum Gasteiger partial charge on any atom is -0.370 e. The van der Waals surface area contributed by atoms with Gasteiger partial charge in [0.1, 0.15) is 0 Å². The summed E-state index contributed by atoms with van der Waals surface area (Å²) in [6.45, 7) is 2.11. The van der Waals surface area contributed by atoms with Crippen LogP contribution in [0, 0.1) is 6.92 Å². The Morgan fingerprint density at radius 2 is 1.70 bits per heavy atom. The number of anilines is 1. The monoisotopic (exact) mass is 445 g/mol. The van der Waals surface area contributed by atoms with Crippen LogP contribution < -0.4 is 11.1 Å². The summed E-state index contributed by atoms with van der Waals surface area (Å²) in [5, 5.41) is 2.93. The molecule has 124 valence electrons. The van der Waals surface area contributed by atoms with Crippen molar-refractivity contribution in [3.05, 3.63) is 60.2 Å². The summed E-state index contributed by atoms with van der Waals surface area (Å²) < 4.78 is 24.2. The molecule has 0 aliphatic carbocycles. The van der Waals surface area contributed by atoms with Crippen LogP contribution in [0.2, 0.25) is 0 Å². The normalized spacial score (nSPS) is 11.6. The summed E-state index contributed by atoms with van der Waals surface area (Å²) in [4.78, 5) is 4.36. The van der Waals surface area contributed by atoms with Gasteiger partial charge in [0.25, 0.3) is 0 Å². The molecule has 2 aromatic rings. The molecule has 0 spiro atoms. The van der Waals surface area contributed by atoms with Gasteiger partial charge in [-0.2, -0.15) is 0 Å². The molecule has 2 rings (SSSR count). The number of hydrogen-bond acceptors (Lipinski definition) is 3.